The second-order valence-electron chi connectivity index (χ2n) is 5.42. The van der Waals surface area contributed by atoms with Crippen LogP contribution in [0, 0.1) is 23.7 Å². The Labute approximate surface area is 74.2 Å². The third-order valence-electron chi connectivity index (χ3n) is 4.78. The van der Waals surface area contributed by atoms with Gasteiger partial charge in [-0.25, -0.2) is 0 Å². The van der Waals surface area contributed by atoms with Gasteiger partial charge in [0.05, 0.1) is 5.60 Å². The van der Waals surface area contributed by atoms with Gasteiger partial charge in [-0.2, -0.15) is 0 Å². The summed E-state index contributed by atoms with van der Waals surface area (Å²) in [7, 11) is 0. The van der Waals surface area contributed by atoms with Gasteiger partial charge in [0, 0.05) is 0 Å². The maximum atomic E-state index is 10.1. The Balaban J connectivity index is 1.93. The van der Waals surface area contributed by atoms with Crippen LogP contribution in [0.1, 0.15) is 39.0 Å². The largest absolute Gasteiger partial charge is 0.390 e. The molecule has 0 aromatic rings. The maximum absolute atomic E-state index is 10.1. The molecule has 3 saturated carbocycles. The molecule has 0 saturated heterocycles. The summed E-state index contributed by atoms with van der Waals surface area (Å²) in [4.78, 5) is 0. The summed E-state index contributed by atoms with van der Waals surface area (Å²) >= 11 is 0. The summed E-state index contributed by atoms with van der Waals surface area (Å²) < 4.78 is 0. The molecule has 5 atom stereocenters. The van der Waals surface area contributed by atoms with Crippen LogP contribution < -0.4 is 0 Å². The predicted molar refractivity (Wildman–Crippen MR) is 47.7 cm³/mol. The summed E-state index contributed by atoms with van der Waals surface area (Å²) in [6.07, 6.45) is 6.73. The predicted octanol–water partition coefficient (Wildman–Crippen LogP) is 2.19. The molecule has 0 amide bonds. The van der Waals surface area contributed by atoms with E-state index in [1.807, 2.05) is 0 Å². The number of fused-ring (bicyclic) bond motifs is 5. The van der Waals surface area contributed by atoms with Gasteiger partial charge in [0.15, 0.2) is 0 Å². The van der Waals surface area contributed by atoms with Crippen LogP contribution in [0.25, 0.3) is 0 Å². The van der Waals surface area contributed by atoms with Gasteiger partial charge in [-0.1, -0.05) is 6.42 Å². The Morgan fingerprint density at radius 3 is 2.83 bits per heavy atom. The minimum absolute atomic E-state index is 0.295. The number of rotatable bonds is 0. The van der Waals surface area contributed by atoms with E-state index in [0.717, 1.165) is 24.2 Å². The Bertz CT molecular complexity index is 209. The molecule has 0 heterocycles. The minimum atomic E-state index is -0.295. The SMILES string of the molecule is C[C@]1(O)C[C@H]2C[C@H]1[C@H]1CCC[C@H]21. The molecule has 1 N–H and O–H groups in total. The molecule has 1 nitrogen and oxygen atoms in total. The van der Waals surface area contributed by atoms with Crippen molar-refractivity contribution in [2.75, 3.05) is 0 Å². The molecule has 0 aliphatic heterocycles. The molecular formula is C11H18O. The number of hydrogen-bond donors (Lipinski definition) is 1. The molecule has 0 aromatic carbocycles. The van der Waals surface area contributed by atoms with E-state index in [1.165, 1.54) is 25.7 Å². The Morgan fingerprint density at radius 2 is 2.00 bits per heavy atom. The monoisotopic (exact) mass is 166 g/mol. The topological polar surface area (TPSA) is 20.2 Å². The van der Waals surface area contributed by atoms with Gasteiger partial charge >= 0.3 is 0 Å². The molecule has 3 aliphatic rings. The van der Waals surface area contributed by atoms with E-state index in [-0.39, 0.29) is 5.60 Å². The lowest BCUT2D eigenvalue weighted by atomic mass is 9.74. The van der Waals surface area contributed by atoms with Crippen molar-refractivity contribution in [3.63, 3.8) is 0 Å². The van der Waals surface area contributed by atoms with E-state index in [1.54, 1.807) is 0 Å². The molecular weight excluding hydrogens is 148 g/mol. The molecule has 3 rings (SSSR count). The van der Waals surface area contributed by atoms with Crippen molar-refractivity contribution in [2.45, 2.75) is 44.6 Å². The van der Waals surface area contributed by atoms with Gasteiger partial charge < -0.3 is 5.11 Å². The Kier molecular flexibility index (Phi) is 1.27. The van der Waals surface area contributed by atoms with Crippen molar-refractivity contribution in [1.29, 1.82) is 0 Å². The fraction of sp³-hybridized carbons (Fsp3) is 1.00. The quantitative estimate of drug-likeness (QED) is 0.585. The van der Waals surface area contributed by atoms with Gasteiger partial charge in [0.2, 0.25) is 0 Å². The van der Waals surface area contributed by atoms with Crippen LogP contribution in [0.4, 0.5) is 0 Å². The first-order valence-electron chi connectivity index (χ1n) is 5.41. The zero-order valence-electron chi connectivity index (χ0n) is 7.79. The molecule has 0 spiro atoms. The van der Waals surface area contributed by atoms with Gasteiger partial charge in [-0.05, 0) is 56.3 Å². The first-order valence-corrected chi connectivity index (χ1v) is 5.41. The van der Waals surface area contributed by atoms with Crippen LogP contribution >= 0.6 is 0 Å². The summed E-state index contributed by atoms with van der Waals surface area (Å²) in [5.41, 5.74) is -0.295. The highest BCUT2D eigenvalue weighted by atomic mass is 16.3. The molecule has 3 fully saturated rings. The van der Waals surface area contributed by atoms with Crippen molar-refractivity contribution in [2.24, 2.45) is 23.7 Å². The standard InChI is InChI=1S/C11H18O/c1-11(12)6-7-5-10(11)9-4-2-3-8(7)9/h7-10,12H,2-6H2,1H3/t7-,8-,9+,10+,11+/m1/s1. The molecule has 12 heavy (non-hydrogen) atoms. The first kappa shape index (κ1) is 7.37. The average molecular weight is 166 g/mol. The lowest BCUT2D eigenvalue weighted by Gasteiger charge is -2.36. The summed E-state index contributed by atoms with van der Waals surface area (Å²) in [6.45, 7) is 2.06. The molecule has 0 radical (unpaired) electrons. The Morgan fingerprint density at radius 1 is 1.25 bits per heavy atom. The summed E-state index contributed by atoms with van der Waals surface area (Å²) in [5.74, 6) is 3.46. The van der Waals surface area contributed by atoms with E-state index in [2.05, 4.69) is 6.92 Å². The molecule has 1 heteroatoms. The van der Waals surface area contributed by atoms with Gasteiger partial charge in [-0.15, -0.1) is 0 Å². The highest BCUT2D eigenvalue weighted by Gasteiger charge is 2.58. The van der Waals surface area contributed by atoms with E-state index < -0.39 is 0 Å². The second kappa shape index (κ2) is 2.06. The minimum Gasteiger partial charge on any atom is -0.390 e. The fourth-order valence-corrected chi connectivity index (χ4v) is 4.41. The number of aliphatic hydroxyl groups is 1. The van der Waals surface area contributed by atoms with Crippen LogP contribution in [-0.2, 0) is 0 Å². The summed E-state index contributed by atoms with van der Waals surface area (Å²) in [5, 5.41) is 10.1. The van der Waals surface area contributed by atoms with Crippen LogP contribution in [0.5, 0.6) is 0 Å². The normalized spacial score (nSPS) is 62.5. The Hall–Kier alpha value is -0.0400. The molecule has 2 bridgehead atoms. The third-order valence-corrected chi connectivity index (χ3v) is 4.78. The average Bonchev–Trinajstić information content (AvgIpc) is 2.53. The van der Waals surface area contributed by atoms with E-state index in [0.29, 0.717) is 5.92 Å². The smallest absolute Gasteiger partial charge is 0.0653 e. The van der Waals surface area contributed by atoms with Crippen molar-refractivity contribution < 1.29 is 5.11 Å². The molecule has 68 valence electrons. The zero-order chi connectivity index (χ0) is 8.34. The van der Waals surface area contributed by atoms with Crippen molar-refractivity contribution in [3.8, 4) is 0 Å². The van der Waals surface area contributed by atoms with E-state index in [9.17, 15) is 5.11 Å². The van der Waals surface area contributed by atoms with E-state index in [4.69, 9.17) is 0 Å². The maximum Gasteiger partial charge on any atom is 0.0653 e. The van der Waals surface area contributed by atoms with Gasteiger partial charge in [0.25, 0.3) is 0 Å². The highest BCUT2D eigenvalue weighted by molar-refractivity contribution is 5.08. The van der Waals surface area contributed by atoms with Crippen LogP contribution in [-0.4, -0.2) is 10.7 Å². The number of hydrogen-bond acceptors (Lipinski definition) is 1. The summed E-state index contributed by atoms with van der Waals surface area (Å²) in [6, 6.07) is 0. The zero-order valence-corrected chi connectivity index (χ0v) is 7.79. The van der Waals surface area contributed by atoms with Crippen LogP contribution in [0.3, 0.4) is 0 Å². The van der Waals surface area contributed by atoms with Crippen LogP contribution in [0.2, 0.25) is 0 Å². The fourth-order valence-electron chi connectivity index (χ4n) is 4.41. The van der Waals surface area contributed by atoms with E-state index >= 15 is 0 Å². The highest BCUT2D eigenvalue weighted by Crippen LogP contribution is 2.62. The van der Waals surface area contributed by atoms with Crippen molar-refractivity contribution >= 4 is 0 Å². The lowest BCUT2D eigenvalue weighted by Crippen LogP contribution is -2.38. The third kappa shape index (κ3) is 0.736. The molecule has 0 aromatic heterocycles. The van der Waals surface area contributed by atoms with Crippen molar-refractivity contribution in [1.82, 2.24) is 0 Å². The molecule has 0 unspecified atom stereocenters. The van der Waals surface area contributed by atoms with Crippen LogP contribution in [0.15, 0.2) is 0 Å². The first-order chi connectivity index (χ1) is 5.68. The van der Waals surface area contributed by atoms with Gasteiger partial charge in [0.1, 0.15) is 0 Å². The lowest BCUT2D eigenvalue weighted by molar-refractivity contribution is -0.0295. The van der Waals surface area contributed by atoms with Crippen molar-refractivity contribution in [3.05, 3.63) is 0 Å². The second-order valence-corrected chi connectivity index (χ2v) is 5.42. The molecule has 3 aliphatic carbocycles. The van der Waals surface area contributed by atoms with Gasteiger partial charge in [-0.3, -0.25) is 0 Å².